The number of nitrogens with one attached hydrogen (secondary N) is 1. The second-order valence-electron chi connectivity index (χ2n) is 5.76. The molecule has 0 aromatic heterocycles. The van der Waals surface area contributed by atoms with Crippen molar-refractivity contribution in [3.8, 4) is 0 Å². The average Bonchev–Trinajstić information content (AvgIpc) is 3.12. The summed E-state index contributed by atoms with van der Waals surface area (Å²) in [6.07, 6.45) is 1.60. The number of nitrogens with zero attached hydrogens (tertiary/aromatic N) is 1. The quantitative estimate of drug-likeness (QED) is 0.528. The van der Waals surface area contributed by atoms with E-state index in [1.807, 2.05) is 0 Å². The third-order valence-electron chi connectivity index (χ3n) is 4.64. The Morgan fingerprint density at radius 3 is 2.45 bits per heavy atom. The first-order valence-electron chi connectivity index (χ1n) is 7.39. The predicted octanol–water partition coefficient (Wildman–Crippen LogP) is -1.47. The number of carbonyl (C=O) groups is 4. The molecule has 2 aliphatic rings. The zero-order valence-corrected chi connectivity index (χ0v) is 12.5. The molecule has 2 aliphatic heterocycles. The van der Waals surface area contributed by atoms with Crippen LogP contribution in [0.25, 0.3) is 0 Å². The van der Waals surface area contributed by atoms with Gasteiger partial charge in [-0.2, -0.15) is 0 Å². The standard InChI is InChI=1S/C14H21N3O5/c1-8(18)17-6-4-9(12(20)10-3-2-5-16-10)14(17,13(21)22)11(19)7-15/h9-10,16H,2-7,15H2,1H3,(H,21,22). The zero-order valence-electron chi connectivity index (χ0n) is 12.5. The van der Waals surface area contributed by atoms with Gasteiger partial charge in [-0.05, 0) is 25.8 Å². The van der Waals surface area contributed by atoms with Crippen LogP contribution in [-0.2, 0) is 19.2 Å². The summed E-state index contributed by atoms with van der Waals surface area (Å²) in [5.41, 5.74) is 3.21. The number of carboxylic acid groups (broad SMARTS) is 1. The van der Waals surface area contributed by atoms with Crippen LogP contribution in [0.4, 0.5) is 0 Å². The molecule has 0 saturated carbocycles. The van der Waals surface area contributed by atoms with Crippen molar-refractivity contribution in [3.63, 3.8) is 0 Å². The van der Waals surface area contributed by atoms with E-state index in [4.69, 9.17) is 5.73 Å². The topological polar surface area (TPSA) is 130 Å². The largest absolute Gasteiger partial charge is 0.479 e. The first-order chi connectivity index (χ1) is 10.4. The van der Waals surface area contributed by atoms with Gasteiger partial charge in [0.05, 0.1) is 18.5 Å². The Morgan fingerprint density at radius 1 is 1.32 bits per heavy atom. The van der Waals surface area contributed by atoms with Crippen molar-refractivity contribution >= 4 is 23.4 Å². The molecule has 3 atom stereocenters. The molecule has 0 aliphatic carbocycles. The lowest BCUT2D eigenvalue weighted by Gasteiger charge is -2.36. The van der Waals surface area contributed by atoms with Crippen molar-refractivity contribution in [2.75, 3.05) is 19.6 Å². The van der Waals surface area contributed by atoms with Gasteiger partial charge in [0.15, 0.2) is 11.6 Å². The van der Waals surface area contributed by atoms with Crippen molar-refractivity contribution in [3.05, 3.63) is 0 Å². The van der Waals surface area contributed by atoms with Crippen LogP contribution in [0.2, 0.25) is 0 Å². The molecule has 0 aromatic carbocycles. The molecule has 0 radical (unpaired) electrons. The Balaban J connectivity index is 2.47. The van der Waals surface area contributed by atoms with Gasteiger partial charge in [0, 0.05) is 13.5 Å². The summed E-state index contributed by atoms with van der Waals surface area (Å²) >= 11 is 0. The Bertz CT molecular complexity index is 515. The fourth-order valence-corrected chi connectivity index (χ4v) is 3.64. The summed E-state index contributed by atoms with van der Waals surface area (Å²) in [4.78, 5) is 49.8. The highest BCUT2D eigenvalue weighted by molar-refractivity contribution is 6.15. The van der Waals surface area contributed by atoms with Gasteiger partial charge in [-0.25, -0.2) is 4.79 Å². The summed E-state index contributed by atoms with van der Waals surface area (Å²) in [7, 11) is 0. The summed E-state index contributed by atoms with van der Waals surface area (Å²) in [5, 5.41) is 12.7. The van der Waals surface area contributed by atoms with Crippen molar-refractivity contribution in [1.29, 1.82) is 0 Å². The summed E-state index contributed by atoms with van der Waals surface area (Å²) in [6, 6.07) is -0.457. The van der Waals surface area contributed by atoms with Gasteiger partial charge in [-0.15, -0.1) is 0 Å². The fraction of sp³-hybridized carbons (Fsp3) is 0.714. The Morgan fingerprint density at radius 2 is 2.00 bits per heavy atom. The molecular formula is C14H21N3O5. The van der Waals surface area contributed by atoms with E-state index >= 15 is 0 Å². The van der Waals surface area contributed by atoms with Crippen molar-refractivity contribution in [1.82, 2.24) is 10.2 Å². The number of hydrogen-bond donors (Lipinski definition) is 3. The first kappa shape index (κ1) is 16.6. The van der Waals surface area contributed by atoms with Crippen LogP contribution in [0.3, 0.4) is 0 Å². The monoisotopic (exact) mass is 311 g/mol. The van der Waals surface area contributed by atoms with Crippen molar-refractivity contribution < 1.29 is 24.3 Å². The number of likely N-dealkylation sites (tertiary alicyclic amines) is 1. The zero-order chi connectivity index (χ0) is 16.5. The number of nitrogens with two attached hydrogens (primary N) is 1. The lowest BCUT2D eigenvalue weighted by molar-refractivity contribution is -0.165. The molecule has 2 fully saturated rings. The predicted molar refractivity (Wildman–Crippen MR) is 76.0 cm³/mol. The Hall–Kier alpha value is -1.80. The van der Waals surface area contributed by atoms with Crippen LogP contribution in [-0.4, -0.2) is 64.7 Å². The molecule has 22 heavy (non-hydrogen) atoms. The number of aliphatic carboxylic acids is 1. The normalized spacial score (nSPS) is 31.3. The van der Waals surface area contributed by atoms with Crippen LogP contribution in [0, 0.1) is 5.92 Å². The van der Waals surface area contributed by atoms with Gasteiger partial charge in [0.2, 0.25) is 11.4 Å². The van der Waals surface area contributed by atoms with Crippen LogP contribution < -0.4 is 11.1 Å². The van der Waals surface area contributed by atoms with E-state index in [-0.39, 0.29) is 18.7 Å². The van der Waals surface area contributed by atoms with Gasteiger partial charge in [0.25, 0.3) is 0 Å². The maximum atomic E-state index is 12.7. The molecular weight excluding hydrogens is 290 g/mol. The number of ketones is 2. The van der Waals surface area contributed by atoms with E-state index in [2.05, 4.69) is 5.32 Å². The molecule has 122 valence electrons. The van der Waals surface area contributed by atoms with Gasteiger partial charge in [0.1, 0.15) is 0 Å². The second kappa shape index (κ2) is 6.13. The molecule has 2 saturated heterocycles. The first-order valence-corrected chi connectivity index (χ1v) is 7.39. The molecule has 0 spiro atoms. The lowest BCUT2D eigenvalue weighted by Crippen LogP contribution is -2.65. The minimum Gasteiger partial charge on any atom is -0.479 e. The molecule has 1 amide bonds. The van der Waals surface area contributed by atoms with Gasteiger partial charge in [-0.1, -0.05) is 0 Å². The third-order valence-corrected chi connectivity index (χ3v) is 4.64. The van der Waals surface area contributed by atoms with Crippen LogP contribution >= 0.6 is 0 Å². The fourth-order valence-electron chi connectivity index (χ4n) is 3.64. The Kier molecular flexibility index (Phi) is 4.62. The lowest BCUT2D eigenvalue weighted by atomic mass is 9.76. The minimum atomic E-state index is -2.16. The number of Topliss-reactive ketones (excluding diaryl/α,β-unsaturated/α-hetero) is 2. The average molecular weight is 311 g/mol. The molecule has 0 aromatic rings. The highest BCUT2D eigenvalue weighted by Gasteiger charge is 2.63. The van der Waals surface area contributed by atoms with E-state index in [0.29, 0.717) is 13.0 Å². The van der Waals surface area contributed by atoms with E-state index in [1.54, 1.807) is 0 Å². The summed E-state index contributed by atoms with van der Waals surface area (Å²) in [5.74, 6) is -4.19. The highest BCUT2D eigenvalue weighted by atomic mass is 16.4. The third kappa shape index (κ3) is 2.32. The number of amides is 1. The second-order valence-corrected chi connectivity index (χ2v) is 5.76. The van der Waals surface area contributed by atoms with E-state index in [9.17, 15) is 24.3 Å². The molecule has 4 N–H and O–H groups in total. The number of hydrogen-bond acceptors (Lipinski definition) is 6. The van der Waals surface area contributed by atoms with Crippen molar-refractivity contribution in [2.24, 2.45) is 11.7 Å². The van der Waals surface area contributed by atoms with Crippen molar-refractivity contribution in [2.45, 2.75) is 37.8 Å². The van der Waals surface area contributed by atoms with E-state index in [0.717, 1.165) is 11.3 Å². The van der Waals surface area contributed by atoms with Gasteiger partial charge in [-0.3, -0.25) is 14.4 Å². The minimum absolute atomic E-state index is 0.0660. The maximum Gasteiger partial charge on any atom is 0.338 e. The maximum absolute atomic E-state index is 12.7. The smallest absolute Gasteiger partial charge is 0.338 e. The Labute approximate surface area is 128 Å². The number of rotatable bonds is 5. The molecule has 0 bridgehead atoms. The summed E-state index contributed by atoms with van der Waals surface area (Å²) < 4.78 is 0. The van der Waals surface area contributed by atoms with Gasteiger partial charge < -0.3 is 21.1 Å². The molecule has 2 heterocycles. The van der Waals surface area contributed by atoms with Crippen LogP contribution in [0.1, 0.15) is 26.2 Å². The van der Waals surface area contributed by atoms with Crippen LogP contribution in [0.15, 0.2) is 0 Å². The summed E-state index contributed by atoms with van der Waals surface area (Å²) in [6.45, 7) is 1.42. The van der Waals surface area contributed by atoms with E-state index in [1.165, 1.54) is 6.92 Å². The molecule has 8 nitrogen and oxygen atoms in total. The van der Waals surface area contributed by atoms with E-state index < -0.39 is 41.7 Å². The molecule has 3 unspecified atom stereocenters. The van der Waals surface area contributed by atoms with Gasteiger partial charge >= 0.3 is 5.97 Å². The number of carboxylic acids is 1. The highest BCUT2D eigenvalue weighted by Crippen LogP contribution is 2.38. The number of carbonyl (C=O) groups excluding carboxylic acids is 3. The SMILES string of the molecule is CC(=O)N1CCC(C(=O)C2CCCN2)C1(C(=O)O)C(=O)CN. The molecule has 2 rings (SSSR count). The molecule has 8 heteroatoms. The van der Waals surface area contributed by atoms with Crippen LogP contribution in [0.5, 0.6) is 0 Å².